The molecule has 2 N–H and O–H groups in total. The molecule has 1 aliphatic rings. The summed E-state index contributed by atoms with van der Waals surface area (Å²) in [5.41, 5.74) is 0.470. The summed E-state index contributed by atoms with van der Waals surface area (Å²) in [6, 6.07) is 5.17. The van der Waals surface area contributed by atoms with Gasteiger partial charge in [-0.3, -0.25) is 4.79 Å². The minimum Gasteiger partial charge on any atom is -0.388 e. The zero-order chi connectivity index (χ0) is 12.6. The summed E-state index contributed by atoms with van der Waals surface area (Å²) in [4.78, 5) is 14.1. The second-order valence-electron chi connectivity index (χ2n) is 4.01. The first-order valence-corrected chi connectivity index (χ1v) is 6.37. The van der Waals surface area contributed by atoms with Crippen LogP contribution in [0.25, 0.3) is 0 Å². The van der Waals surface area contributed by atoms with Crippen LogP contribution in [0.4, 0.5) is 0 Å². The Morgan fingerprint density at radius 1 is 1.35 bits per heavy atom. The van der Waals surface area contributed by atoms with E-state index in [4.69, 9.17) is 0 Å². The van der Waals surface area contributed by atoms with Gasteiger partial charge in [0.15, 0.2) is 0 Å². The number of aliphatic hydroxyl groups excluding tert-OH is 2. The predicted molar refractivity (Wildman–Crippen MR) is 69.3 cm³/mol. The molecule has 1 aromatic carbocycles. The number of rotatable bonds is 1. The minimum atomic E-state index is -0.863. The Morgan fingerprint density at radius 2 is 1.94 bits per heavy atom. The van der Waals surface area contributed by atoms with Crippen molar-refractivity contribution >= 4 is 34.5 Å². The minimum absolute atomic E-state index is 0.156. The highest BCUT2D eigenvalue weighted by Crippen LogP contribution is 2.23. The molecule has 0 bridgehead atoms. The summed E-state index contributed by atoms with van der Waals surface area (Å²) in [7, 11) is 0. The lowest BCUT2D eigenvalue weighted by Crippen LogP contribution is -2.30. The third-order valence-electron chi connectivity index (χ3n) is 2.74. The fourth-order valence-corrected chi connectivity index (χ4v) is 2.64. The van der Waals surface area contributed by atoms with E-state index in [0.717, 1.165) is 4.47 Å². The number of hydrogen-bond acceptors (Lipinski definition) is 4. The number of hydrogen-bond donors (Lipinski definition) is 3. The number of aliphatic hydroxyl groups is 2. The van der Waals surface area contributed by atoms with E-state index in [2.05, 4.69) is 28.6 Å². The van der Waals surface area contributed by atoms with E-state index in [9.17, 15) is 15.0 Å². The van der Waals surface area contributed by atoms with Crippen LogP contribution < -0.4 is 0 Å². The molecule has 1 amide bonds. The molecule has 1 aliphatic heterocycles. The molecule has 0 aliphatic carbocycles. The number of likely N-dealkylation sites (tertiary alicyclic amines) is 1. The normalized spacial score (nSPS) is 24.1. The van der Waals surface area contributed by atoms with Crippen LogP contribution in [-0.4, -0.2) is 46.3 Å². The fraction of sp³-hybridized carbons (Fsp3) is 0.364. The first-order chi connectivity index (χ1) is 7.99. The molecule has 4 nitrogen and oxygen atoms in total. The molecule has 0 spiro atoms. The third-order valence-corrected chi connectivity index (χ3v) is 3.60. The Balaban J connectivity index is 2.20. The van der Waals surface area contributed by atoms with Crippen molar-refractivity contribution < 1.29 is 15.0 Å². The summed E-state index contributed by atoms with van der Waals surface area (Å²) >= 11 is 7.54. The molecule has 1 heterocycles. The van der Waals surface area contributed by atoms with Crippen LogP contribution in [0.5, 0.6) is 0 Å². The van der Waals surface area contributed by atoms with E-state index in [1.807, 2.05) is 0 Å². The van der Waals surface area contributed by atoms with Crippen molar-refractivity contribution in [3.8, 4) is 0 Å². The number of halogens is 1. The number of nitrogens with zero attached hydrogens (tertiary/aromatic N) is 1. The Hall–Kier alpha value is -0.560. The lowest BCUT2D eigenvalue weighted by atomic mass is 10.2. The fourth-order valence-electron chi connectivity index (χ4n) is 1.79. The maximum atomic E-state index is 12.1. The smallest absolute Gasteiger partial charge is 0.255 e. The highest BCUT2D eigenvalue weighted by Gasteiger charge is 2.33. The van der Waals surface area contributed by atoms with Gasteiger partial charge in [0, 0.05) is 22.5 Å². The average Bonchev–Trinajstić information content (AvgIpc) is 2.58. The molecule has 0 aromatic heterocycles. The molecule has 1 saturated heterocycles. The molecule has 2 unspecified atom stereocenters. The molecule has 0 saturated carbocycles. The van der Waals surface area contributed by atoms with Gasteiger partial charge in [0.05, 0.1) is 17.8 Å². The van der Waals surface area contributed by atoms with Gasteiger partial charge in [-0.05, 0) is 18.2 Å². The van der Waals surface area contributed by atoms with Gasteiger partial charge in [-0.25, -0.2) is 0 Å². The lowest BCUT2D eigenvalue weighted by Gasteiger charge is -2.16. The van der Waals surface area contributed by atoms with Gasteiger partial charge in [-0.2, -0.15) is 0 Å². The summed E-state index contributed by atoms with van der Waals surface area (Å²) in [6.45, 7) is 0.312. The number of β-amino-alcohol motifs (C(OH)–C–C–N with tert-alkyl or cyclic N) is 2. The van der Waals surface area contributed by atoms with Crippen molar-refractivity contribution in [1.82, 2.24) is 4.90 Å². The SMILES string of the molecule is O=C(c1ccc(Br)cc1S)N1CC(O)C(O)C1. The van der Waals surface area contributed by atoms with E-state index >= 15 is 0 Å². The molecule has 92 valence electrons. The van der Waals surface area contributed by atoms with Gasteiger partial charge in [-0.15, -0.1) is 12.6 Å². The van der Waals surface area contributed by atoms with Gasteiger partial charge in [-0.1, -0.05) is 15.9 Å². The molecular formula is C11H12BrNO3S. The van der Waals surface area contributed by atoms with Crippen LogP contribution in [0.1, 0.15) is 10.4 Å². The Kier molecular flexibility index (Phi) is 3.77. The highest BCUT2D eigenvalue weighted by atomic mass is 79.9. The summed E-state index contributed by atoms with van der Waals surface area (Å²) in [6.07, 6.45) is -1.73. The molecule has 2 atom stereocenters. The second kappa shape index (κ2) is 4.97. The Morgan fingerprint density at radius 3 is 2.47 bits per heavy atom. The van der Waals surface area contributed by atoms with Crippen LogP contribution >= 0.6 is 28.6 Å². The number of carbonyl (C=O) groups excluding carboxylic acids is 1. The Bertz CT molecular complexity index is 444. The van der Waals surface area contributed by atoms with Crippen molar-refractivity contribution in [3.63, 3.8) is 0 Å². The van der Waals surface area contributed by atoms with Crippen LogP contribution in [0, 0.1) is 0 Å². The van der Waals surface area contributed by atoms with Crippen molar-refractivity contribution in [2.45, 2.75) is 17.1 Å². The van der Waals surface area contributed by atoms with Crippen molar-refractivity contribution in [3.05, 3.63) is 28.2 Å². The molecule has 1 fully saturated rings. The topological polar surface area (TPSA) is 60.8 Å². The first kappa shape index (κ1) is 12.9. The van der Waals surface area contributed by atoms with Crippen molar-refractivity contribution in [1.29, 1.82) is 0 Å². The third kappa shape index (κ3) is 2.65. The molecular weight excluding hydrogens is 306 g/mol. The van der Waals surface area contributed by atoms with E-state index in [0.29, 0.717) is 10.5 Å². The van der Waals surface area contributed by atoms with Crippen molar-refractivity contribution in [2.75, 3.05) is 13.1 Å². The van der Waals surface area contributed by atoms with Gasteiger partial charge in [0.1, 0.15) is 0 Å². The maximum absolute atomic E-state index is 12.1. The lowest BCUT2D eigenvalue weighted by molar-refractivity contribution is 0.0572. The number of amides is 1. The standard InChI is InChI=1S/C11H12BrNO3S/c12-6-1-2-7(10(17)3-6)11(16)13-4-8(14)9(15)5-13/h1-3,8-9,14-15,17H,4-5H2. The quantitative estimate of drug-likeness (QED) is 0.675. The predicted octanol–water partition coefficient (Wildman–Crippen LogP) is 0.915. The van der Waals surface area contributed by atoms with Gasteiger partial charge < -0.3 is 15.1 Å². The number of carbonyl (C=O) groups is 1. The summed E-state index contributed by atoms with van der Waals surface area (Å²) in [5, 5.41) is 18.8. The van der Waals surface area contributed by atoms with Crippen LogP contribution in [0.15, 0.2) is 27.6 Å². The van der Waals surface area contributed by atoms with E-state index in [-0.39, 0.29) is 19.0 Å². The van der Waals surface area contributed by atoms with E-state index in [1.54, 1.807) is 18.2 Å². The van der Waals surface area contributed by atoms with Crippen molar-refractivity contribution in [2.24, 2.45) is 0 Å². The maximum Gasteiger partial charge on any atom is 0.255 e. The average molecular weight is 318 g/mol. The first-order valence-electron chi connectivity index (χ1n) is 5.13. The Labute approximate surface area is 113 Å². The highest BCUT2D eigenvalue weighted by molar-refractivity contribution is 9.10. The zero-order valence-corrected chi connectivity index (χ0v) is 11.4. The largest absolute Gasteiger partial charge is 0.388 e. The summed E-state index contributed by atoms with van der Waals surface area (Å²) in [5.74, 6) is -0.224. The van der Waals surface area contributed by atoms with Gasteiger partial charge >= 0.3 is 0 Å². The van der Waals surface area contributed by atoms with E-state index < -0.39 is 12.2 Å². The van der Waals surface area contributed by atoms with Crippen LogP contribution in [0.2, 0.25) is 0 Å². The molecule has 6 heteroatoms. The summed E-state index contributed by atoms with van der Waals surface area (Å²) < 4.78 is 0.848. The molecule has 1 aromatic rings. The zero-order valence-electron chi connectivity index (χ0n) is 8.88. The van der Waals surface area contributed by atoms with Gasteiger partial charge in [0.25, 0.3) is 5.91 Å². The molecule has 0 radical (unpaired) electrons. The number of thiol groups is 1. The molecule has 2 rings (SSSR count). The van der Waals surface area contributed by atoms with Crippen LogP contribution in [-0.2, 0) is 0 Å². The van der Waals surface area contributed by atoms with E-state index in [1.165, 1.54) is 4.90 Å². The monoisotopic (exact) mass is 317 g/mol. The van der Waals surface area contributed by atoms with Gasteiger partial charge in [0.2, 0.25) is 0 Å². The van der Waals surface area contributed by atoms with Crippen LogP contribution in [0.3, 0.4) is 0 Å². The number of benzene rings is 1. The second-order valence-corrected chi connectivity index (χ2v) is 5.40. The molecule has 17 heavy (non-hydrogen) atoms.